The van der Waals surface area contributed by atoms with Gasteiger partial charge in [-0.3, -0.25) is 0 Å². The number of aryl methyl sites for hydroxylation is 1. The van der Waals surface area contributed by atoms with E-state index in [2.05, 4.69) is 42.7 Å². The second-order valence-electron chi connectivity index (χ2n) is 4.05. The Morgan fingerprint density at radius 3 is 2.71 bits per heavy atom. The van der Waals surface area contributed by atoms with Gasteiger partial charge >= 0.3 is 0 Å². The van der Waals surface area contributed by atoms with Gasteiger partial charge in [0.2, 0.25) is 0 Å². The van der Waals surface area contributed by atoms with E-state index in [1.165, 1.54) is 10.4 Å². The van der Waals surface area contributed by atoms with Gasteiger partial charge in [-0.25, -0.2) is 0 Å². The molecule has 1 atom stereocenters. The number of thiophene rings is 1. The highest BCUT2D eigenvalue weighted by atomic mass is 35.5. The quantitative estimate of drug-likeness (QED) is 0.794. The standard InChI is InChI=1S/C14H16ClNS/c1-3-12(13-8-5-9-17-13)16-14-10(2)6-4-7-11(14)15/h4-9,12,16H,3H2,1-2H3. The SMILES string of the molecule is CCC(Nc1c(C)cccc1Cl)c1cccs1. The van der Waals surface area contributed by atoms with Crippen LogP contribution in [0.15, 0.2) is 35.7 Å². The van der Waals surface area contributed by atoms with E-state index in [1.807, 2.05) is 12.1 Å². The van der Waals surface area contributed by atoms with Gasteiger partial charge in [0.25, 0.3) is 0 Å². The van der Waals surface area contributed by atoms with Crippen molar-refractivity contribution in [2.75, 3.05) is 5.32 Å². The lowest BCUT2D eigenvalue weighted by atomic mass is 10.1. The van der Waals surface area contributed by atoms with E-state index < -0.39 is 0 Å². The second kappa shape index (κ2) is 5.56. The van der Waals surface area contributed by atoms with Gasteiger partial charge in [-0.2, -0.15) is 0 Å². The summed E-state index contributed by atoms with van der Waals surface area (Å²) in [5.41, 5.74) is 2.24. The molecular formula is C14H16ClNS. The van der Waals surface area contributed by atoms with Crippen molar-refractivity contribution in [3.63, 3.8) is 0 Å². The zero-order valence-corrected chi connectivity index (χ0v) is 11.6. The maximum absolute atomic E-state index is 6.23. The van der Waals surface area contributed by atoms with Gasteiger partial charge in [-0.05, 0) is 36.4 Å². The van der Waals surface area contributed by atoms with Gasteiger partial charge in [-0.1, -0.05) is 36.7 Å². The monoisotopic (exact) mass is 265 g/mol. The number of rotatable bonds is 4. The fraction of sp³-hybridized carbons (Fsp3) is 0.286. The Bertz CT molecular complexity index is 459. The van der Waals surface area contributed by atoms with Crippen molar-refractivity contribution in [2.45, 2.75) is 26.3 Å². The molecule has 1 N–H and O–H groups in total. The molecular weight excluding hydrogens is 250 g/mol. The molecule has 0 bridgehead atoms. The van der Waals surface area contributed by atoms with Gasteiger partial charge < -0.3 is 5.32 Å². The average Bonchev–Trinajstić information content (AvgIpc) is 2.82. The molecule has 2 rings (SSSR count). The first-order chi connectivity index (χ1) is 8.22. The predicted octanol–water partition coefficient (Wildman–Crippen LogP) is 5.27. The van der Waals surface area contributed by atoms with E-state index in [4.69, 9.17) is 11.6 Å². The third kappa shape index (κ3) is 2.82. The molecule has 1 aromatic heterocycles. The molecule has 0 radical (unpaired) electrons. The Labute approximate surface area is 111 Å². The molecule has 0 aliphatic rings. The lowest BCUT2D eigenvalue weighted by Crippen LogP contribution is -2.09. The summed E-state index contributed by atoms with van der Waals surface area (Å²) < 4.78 is 0. The van der Waals surface area contributed by atoms with E-state index in [9.17, 15) is 0 Å². The number of halogens is 1. The molecule has 0 spiro atoms. The van der Waals surface area contributed by atoms with Crippen LogP contribution in [0.25, 0.3) is 0 Å². The topological polar surface area (TPSA) is 12.0 Å². The fourth-order valence-corrected chi connectivity index (χ4v) is 2.99. The Kier molecular flexibility index (Phi) is 4.08. The van der Waals surface area contributed by atoms with Crippen molar-refractivity contribution in [1.29, 1.82) is 0 Å². The van der Waals surface area contributed by atoms with Crippen molar-refractivity contribution < 1.29 is 0 Å². The first-order valence-corrected chi connectivity index (χ1v) is 7.03. The van der Waals surface area contributed by atoms with Crippen molar-refractivity contribution in [3.8, 4) is 0 Å². The van der Waals surface area contributed by atoms with Crippen LogP contribution in [0.5, 0.6) is 0 Å². The average molecular weight is 266 g/mol. The van der Waals surface area contributed by atoms with Crippen molar-refractivity contribution in [1.82, 2.24) is 0 Å². The number of benzene rings is 1. The van der Waals surface area contributed by atoms with Crippen LogP contribution >= 0.6 is 22.9 Å². The third-order valence-corrected chi connectivity index (χ3v) is 4.14. The van der Waals surface area contributed by atoms with E-state index in [0.29, 0.717) is 6.04 Å². The van der Waals surface area contributed by atoms with E-state index >= 15 is 0 Å². The summed E-state index contributed by atoms with van der Waals surface area (Å²) >= 11 is 8.01. The van der Waals surface area contributed by atoms with Crippen LogP contribution in [0, 0.1) is 6.92 Å². The molecule has 1 unspecified atom stereocenters. The molecule has 2 aromatic rings. The molecule has 90 valence electrons. The minimum Gasteiger partial charge on any atom is -0.376 e. The number of nitrogens with one attached hydrogen (secondary N) is 1. The maximum atomic E-state index is 6.23. The van der Waals surface area contributed by atoms with Crippen molar-refractivity contribution >= 4 is 28.6 Å². The lowest BCUT2D eigenvalue weighted by Gasteiger charge is -2.19. The van der Waals surface area contributed by atoms with Crippen LogP contribution in [-0.4, -0.2) is 0 Å². The normalized spacial score (nSPS) is 12.4. The summed E-state index contributed by atoms with van der Waals surface area (Å²) in [7, 11) is 0. The molecule has 0 aliphatic carbocycles. The van der Waals surface area contributed by atoms with Gasteiger partial charge in [0.15, 0.2) is 0 Å². The number of hydrogen-bond acceptors (Lipinski definition) is 2. The second-order valence-corrected chi connectivity index (χ2v) is 5.44. The van der Waals surface area contributed by atoms with Crippen LogP contribution in [0.4, 0.5) is 5.69 Å². The molecule has 0 aliphatic heterocycles. The number of hydrogen-bond donors (Lipinski definition) is 1. The summed E-state index contributed by atoms with van der Waals surface area (Å²) in [6.07, 6.45) is 1.05. The van der Waals surface area contributed by atoms with Crippen LogP contribution in [0.2, 0.25) is 5.02 Å². The van der Waals surface area contributed by atoms with Crippen LogP contribution in [-0.2, 0) is 0 Å². The maximum Gasteiger partial charge on any atom is 0.0640 e. The van der Waals surface area contributed by atoms with Crippen molar-refractivity contribution in [2.24, 2.45) is 0 Å². The van der Waals surface area contributed by atoms with E-state index in [-0.39, 0.29) is 0 Å². The number of para-hydroxylation sites is 1. The predicted molar refractivity (Wildman–Crippen MR) is 77.2 cm³/mol. The van der Waals surface area contributed by atoms with Crippen LogP contribution in [0.3, 0.4) is 0 Å². The Morgan fingerprint density at radius 1 is 1.29 bits per heavy atom. The molecule has 1 nitrogen and oxygen atoms in total. The Hall–Kier alpha value is -0.990. The molecule has 17 heavy (non-hydrogen) atoms. The smallest absolute Gasteiger partial charge is 0.0640 e. The highest BCUT2D eigenvalue weighted by Gasteiger charge is 2.12. The van der Waals surface area contributed by atoms with Crippen LogP contribution < -0.4 is 5.32 Å². The summed E-state index contributed by atoms with van der Waals surface area (Å²) in [6, 6.07) is 10.6. The van der Waals surface area contributed by atoms with Gasteiger partial charge in [-0.15, -0.1) is 11.3 Å². The molecule has 0 saturated carbocycles. The first-order valence-electron chi connectivity index (χ1n) is 5.77. The lowest BCUT2D eigenvalue weighted by molar-refractivity contribution is 0.763. The van der Waals surface area contributed by atoms with Gasteiger partial charge in [0.1, 0.15) is 0 Å². The zero-order valence-electron chi connectivity index (χ0n) is 10.0. The Balaban J connectivity index is 2.25. The summed E-state index contributed by atoms with van der Waals surface area (Å²) in [5.74, 6) is 0. The highest BCUT2D eigenvalue weighted by molar-refractivity contribution is 7.10. The summed E-state index contributed by atoms with van der Waals surface area (Å²) in [4.78, 5) is 1.35. The first kappa shape index (κ1) is 12.5. The molecule has 0 fully saturated rings. The number of anilines is 1. The summed E-state index contributed by atoms with van der Waals surface area (Å²) in [5, 5.41) is 6.45. The molecule has 1 aromatic carbocycles. The molecule has 0 amide bonds. The van der Waals surface area contributed by atoms with Crippen LogP contribution in [0.1, 0.15) is 29.8 Å². The largest absolute Gasteiger partial charge is 0.376 e. The Morgan fingerprint density at radius 2 is 2.12 bits per heavy atom. The zero-order chi connectivity index (χ0) is 12.3. The van der Waals surface area contributed by atoms with Gasteiger partial charge in [0, 0.05) is 4.88 Å². The minimum atomic E-state index is 0.341. The van der Waals surface area contributed by atoms with Crippen molar-refractivity contribution in [3.05, 3.63) is 51.2 Å². The van der Waals surface area contributed by atoms with Gasteiger partial charge in [0.05, 0.1) is 16.8 Å². The minimum absolute atomic E-state index is 0.341. The third-order valence-electron chi connectivity index (χ3n) is 2.84. The summed E-state index contributed by atoms with van der Waals surface area (Å²) in [6.45, 7) is 4.26. The van der Waals surface area contributed by atoms with E-state index in [0.717, 1.165) is 17.1 Å². The highest BCUT2D eigenvalue weighted by Crippen LogP contribution is 2.32. The molecule has 1 heterocycles. The van der Waals surface area contributed by atoms with E-state index in [1.54, 1.807) is 11.3 Å². The molecule has 0 saturated heterocycles. The molecule has 3 heteroatoms. The fourth-order valence-electron chi connectivity index (χ4n) is 1.85.